The number of para-hydroxylation sites is 1. The van der Waals surface area contributed by atoms with Crippen molar-refractivity contribution in [2.75, 3.05) is 7.11 Å². The molecule has 0 N–H and O–H groups in total. The van der Waals surface area contributed by atoms with Gasteiger partial charge >= 0.3 is 0 Å². The van der Waals surface area contributed by atoms with Crippen molar-refractivity contribution in [2.45, 2.75) is 6.67 Å². The summed E-state index contributed by atoms with van der Waals surface area (Å²) in [7, 11) is 1.51. The quantitative estimate of drug-likeness (QED) is 0.833. The predicted molar refractivity (Wildman–Crippen MR) is 60.8 cm³/mol. The first-order valence-electron chi connectivity index (χ1n) is 4.45. The molecule has 0 aliphatic heterocycles. The number of fused-ring (bicyclic) bond motifs is 1. The van der Waals surface area contributed by atoms with E-state index in [0.717, 1.165) is 15.4 Å². The van der Waals surface area contributed by atoms with Crippen molar-refractivity contribution in [1.29, 1.82) is 0 Å². The zero-order valence-electron chi connectivity index (χ0n) is 8.13. The Bertz CT molecular complexity index is 501. The number of benzene rings is 1. The minimum Gasteiger partial charge on any atom is -0.494 e. The van der Waals surface area contributed by atoms with Gasteiger partial charge in [-0.2, -0.15) is 0 Å². The molecule has 0 aliphatic carbocycles. The molecule has 0 unspecified atom stereocenters. The monoisotopic (exact) mass is 269 g/mol. The van der Waals surface area contributed by atoms with Gasteiger partial charge in [-0.05, 0) is 22.0 Å². The summed E-state index contributed by atoms with van der Waals surface area (Å²) in [6.45, 7) is -0.632. The molecule has 2 nitrogen and oxygen atoms in total. The number of hydrogen-bond acceptors (Lipinski definition) is 2. The van der Waals surface area contributed by atoms with Crippen LogP contribution in [0.3, 0.4) is 0 Å². The van der Waals surface area contributed by atoms with Crippen LogP contribution in [0.5, 0.6) is 5.75 Å². The standard InChI is InChI=1S/C11H9BrFNO/c1-15-11-9(6-13)14-8-5-3-2-4-7(8)10(11)12/h2-5H,6H2,1H3. The number of aromatic nitrogens is 1. The van der Waals surface area contributed by atoms with Crippen molar-refractivity contribution in [3.63, 3.8) is 0 Å². The lowest BCUT2D eigenvalue weighted by Gasteiger charge is -2.09. The summed E-state index contributed by atoms with van der Waals surface area (Å²) in [5.41, 5.74) is 1.08. The maximum Gasteiger partial charge on any atom is 0.157 e. The molecular weight excluding hydrogens is 261 g/mol. The lowest BCUT2D eigenvalue weighted by molar-refractivity contribution is 0.387. The number of nitrogens with zero attached hydrogens (tertiary/aromatic N) is 1. The summed E-state index contributed by atoms with van der Waals surface area (Å²) in [6.07, 6.45) is 0. The molecule has 4 heteroatoms. The first kappa shape index (κ1) is 10.4. The van der Waals surface area contributed by atoms with Crippen LogP contribution >= 0.6 is 15.9 Å². The molecular formula is C11H9BrFNO. The highest BCUT2D eigenvalue weighted by atomic mass is 79.9. The third kappa shape index (κ3) is 1.69. The van der Waals surface area contributed by atoms with Crippen molar-refractivity contribution in [1.82, 2.24) is 4.98 Å². The minimum absolute atomic E-state index is 0.322. The smallest absolute Gasteiger partial charge is 0.157 e. The molecule has 2 rings (SSSR count). The first-order valence-corrected chi connectivity index (χ1v) is 5.24. The molecule has 15 heavy (non-hydrogen) atoms. The van der Waals surface area contributed by atoms with Crippen molar-refractivity contribution < 1.29 is 9.13 Å². The van der Waals surface area contributed by atoms with E-state index >= 15 is 0 Å². The molecule has 0 spiro atoms. The molecule has 2 aromatic rings. The first-order chi connectivity index (χ1) is 7.27. The van der Waals surface area contributed by atoms with Crippen LogP contribution in [0.15, 0.2) is 28.7 Å². The number of ether oxygens (including phenoxy) is 1. The number of halogens is 2. The summed E-state index contributed by atoms with van der Waals surface area (Å²) >= 11 is 3.40. The van der Waals surface area contributed by atoms with Gasteiger partial charge in [-0.3, -0.25) is 0 Å². The lowest BCUT2D eigenvalue weighted by Crippen LogP contribution is -1.96. The van der Waals surface area contributed by atoms with Gasteiger partial charge in [0.05, 0.1) is 17.1 Å². The minimum atomic E-state index is -0.632. The maximum atomic E-state index is 12.7. The van der Waals surface area contributed by atoms with Gasteiger partial charge in [-0.15, -0.1) is 0 Å². The Morgan fingerprint density at radius 2 is 2.13 bits per heavy atom. The van der Waals surface area contributed by atoms with Gasteiger partial charge in [0.15, 0.2) is 5.75 Å². The number of pyridine rings is 1. The van der Waals surface area contributed by atoms with E-state index in [4.69, 9.17) is 4.74 Å². The Morgan fingerprint density at radius 3 is 2.80 bits per heavy atom. The van der Waals surface area contributed by atoms with Gasteiger partial charge in [0.1, 0.15) is 12.4 Å². The van der Waals surface area contributed by atoms with Crippen LogP contribution in [-0.2, 0) is 6.67 Å². The summed E-state index contributed by atoms with van der Waals surface area (Å²) in [4.78, 5) is 4.20. The summed E-state index contributed by atoms with van der Waals surface area (Å²) in [6, 6.07) is 7.54. The van der Waals surface area contributed by atoms with Gasteiger partial charge in [0.25, 0.3) is 0 Å². The summed E-state index contributed by atoms with van der Waals surface area (Å²) in [5, 5.41) is 0.923. The Labute approximate surface area is 95.2 Å². The van der Waals surface area contributed by atoms with Gasteiger partial charge in [-0.25, -0.2) is 9.37 Å². The van der Waals surface area contributed by atoms with E-state index in [1.165, 1.54) is 7.11 Å². The molecule has 0 saturated carbocycles. The Balaban J connectivity index is 2.81. The molecule has 0 bridgehead atoms. The maximum absolute atomic E-state index is 12.7. The van der Waals surface area contributed by atoms with Gasteiger partial charge in [-0.1, -0.05) is 18.2 Å². The van der Waals surface area contributed by atoms with E-state index in [2.05, 4.69) is 20.9 Å². The van der Waals surface area contributed by atoms with Gasteiger partial charge < -0.3 is 4.74 Å². The van der Waals surface area contributed by atoms with E-state index in [-0.39, 0.29) is 0 Å². The average molecular weight is 270 g/mol. The fourth-order valence-corrected chi connectivity index (χ4v) is 2.23. The molecule has 0 radical (unpaired) electrons. The largest absolute Gasteiger partial charge is 0.494 e. The predicted octanol–water partition coefficient (Wildman–Crippen LogP) is 3.48. The molecule has 78 valence electrons. The van der Waals surface area contributed by atoms with E-state index in [0.29, 0.717) is 11.4 Å². The zero-order chi connectivity index (χ0) is 10.8. The Hall–Kier alpha value is -1.16. The molecule has 1 aromatic carbocycles. The second-order valence-electron chi connectivity index (χ2n) is 3.06. The summed E-state index contributed by atoms with van der Waals surface area (Å²) < 4.78 is 18.6. The number of hydrogen-bond donors (Lipinski definition) is 0. The van der Waals surface area contributed by atoms with Crippen molar-refractivity contribution in [3.05, 3.63) is 34.4 Å². The van der Waals surface area contributed by atoms with E-state index < -0.39 is 6.67 Å². The molecule has 1 heterocycles. The third-order valence-electron chi connectivity index (χ3n) is 2.19. The fourth-order valence-electron chi connectivity index (χ4n) is 1.50. The van der Waals surface area contributed by atoms with Crippen LogP contribution in [0.2, 0.25) is 0 Å². The van der Waals surface area contributed by atoms with E-state index in [9.17, 15) is 4.39 Å². The van der Waals surface area contributed by atoms with Crippen LogP contribution < -0.4 is 4.74 Å². The highest BCUT2D eigenvalue weighted by molar-refractivity contribution is 9.10. The fraction of sp³-hybridized carbons (Fsp3) is 0.182. The van der Waals surface area contributed by atoms with E-state index in [1.807, 2.05) is 24.3 Å². The molecule has 0 fully saturated rings. The van der Waals surface area contributed by atoms with Crippen LogP contribution in [-0.4, -0.2) is 12.1 Å². The van der Waals surface area contributed by atoms with Crippen molar-refractivity contribution in [2.24, 2.45) is 0 Å². The van der Waals surface area contributed by atoms with Crippen molar-refractivity contribution in [3.8, 4) is 5.75 Å². The second-order valence-corrected chi connectivity index (χ2v) is 3.85. The van der Waals surface area contributed by atoms with Gasteiger partial charge in [0, 0.05) is 5.39 Å². The van der Waals surface area contributed by atoms with Crippen LogP contribution in [0, 0.1) is 0 Å². The molecule has 0 aliphatic rings. The average Bonchev–Trinajstić information content (AvgIpc) is 2.29. The lowest BCUT2D eigenvalue weighted by atomic mass is 10.2. The van der Waals surface area contributed by atoms with Crippen molar-refractivity contribution >= 4 is 26.8 Å². The number of rotatable bonds is 2. The molecule has 1 aromatic heterocycles. The normalized spacial score (nSPS) is 10.6. The zero-order valence-corrected chi connectivity index (χ0v) is 9.71. The number of alkyl halides is 1. The number of methoxy groups -OCH3 is 1. The highest BCUT2D eigenvalue weighted by Crippen LogP contribution is 2.34. The molecule has 0 amide bonds. The van der Waals surface area contributed by atoms with Crippen LogP contribution in [0.4, 0.5) is 4.39 Å². The van der Waals surface area contributed by atoms with Gasteiger partial charge in [0.2, 0.25) is 0 Å². The SMILES string of the molecule is COc1c(CF)nc2ccccc2c1Br. The summed E-state index contributed by atoms with van der Waals surface area (Å²) in [5.74, 6) is 0.469. The molecule has 0 atom stereocenters. The molecule has 0 saturated heterocycles. The second kappa shape index (κ2) is 4.14. The van der Waals surface area contributed by atoms with E-state index in [1.54, 1.807) is 0 Å². The van der Waals surface area contributed by atoms with Crippen LogP contribution in [0.1, 0.15) is 5.69 Å². The topological polar surface area (TPSA) is 22.1 Å². The highest BCUT2D eigenvalue weighted by Gasteiger charge is 2.12. The third-order valence-corrected chi connectivity index (χ3v) is 2.98. The Morgan fingerprint density at radius 1 is 1.40 bits per heavy atom. The Kier molecular flexibility index (Phi) is 2.86. The van der Waals surface area contributed by atoms with Crippen LogP contribution in [0.25, 0.3) is 10.9 Å².